The quantitative estimate of drug-likeness (QED) is 0.0372. The van der Waals surface area contributed by atoms with E-state index >= 15 is 0 Å². The van der Waals surface area contributed by atoms with E-state index in [2.05, 4.69) is 28.3 Å². The Balaban J connectivity index is 0.000000340. The number of aromatic nitrogens is 4. The number of rotatable bonds is 21. The monoisotopic (exact) mass is 1090 g/mol. The molecule has 4 heterocycles. The van der Waals surface area contributed by atoms with Crippen LogP contribution < -0.4 is 31.3 Å². The number of benzene rings is 1. The molecular formula is C44H47ClN8O19S2. The summed E-state index contributed by atoms with van der Waals surface area (Å²) in [5.74, 6) is -6.93. The number of Topliss-reactive ketones (excluding diaryl/α,β-unsaturated/α-hetero) is 4. The molecule has 0 aliphatic rings. The van der Waals surface area contributed by atoms with E-state index in [0.29, 0.717) is 10.6 Å². The Kier molecular flexibility index (Phi) is 23.4. The molecule has 0 atom stereocenters. The lowest BCUT2D eigenvalue weighted by molar-refractivity contribution is -0.118. The van der Waals surface area contributed by atoms with Crippen molar-refractivity contribution in [2.75, 3.05) is 12.5 Å². The summed E-state index contributed by atoms with van der Waals surface area (Å²) in [4.78, 5) is 103. The van der Waals surface area contributed by atoms with Gasteiger partial charge in [-0.2, -0.15) is 16.8 Å². The van der Waals surface area contributed by atoms with Crippen LogP contribution in [0.3, 0.4) is 0 Å². The molecule has 5 rings (SSSR count). The number of hydrogen-bond acceptors (Lipinski definition) is 23. The number of amides is 4. The molecule has 0 saturated carbocycles. The van der Waals surface area contributed by atoms with E-state index in [1.807, 2.05) is 6.07 Å². The molecule has 4 aromatic heterocycles. The summed E-state index contributed by atoms with van der Waals surface area (Å²) >= 11 is 5.91. The summed E-state index contributed by atoms with van der Waals surface area (Å²) in [7, 11) is -7.49. The van der Waals surface area contributed by atoms with Crippen molar-refractivity contribution in [2.24, 2.45) is 22.9 Å². The topological polar surface area (TPSA) is 480 Å². The van der Waals surface area contributed by atoms with Crippen molar-refractivity contribution in [3.05, 3.63) is 101 Å². The first-order valence-electron chi connectivity index (χ1n) is 20.6. The van der Waals surface area contributed by atoms with Crippen molar-refractivity contribution in [1.82, 2.24) is 19.9 Å². The SMILES string of the molecule is CS(=O)(=O)Oc1cnc(C(=O)CCC(N)=O)c(O)c1.CS(=O)(=O)Oc1cnc(C(=O)CCC(N)=O)c(O)c1.NC(=O)CCC(=O)c1ncc(-c2cccc(Cl)c2)cc1O.NC(=O)CCC(=O)c1ncc(O)cc1O. The van der Waals surface area contributed by atoms with E-state index in [0.717, 1.165) is 54.9 Å². The smallest absolute Gasteiger partial charge is 0.306 e. The minimum Gasteiger partial charge on any atom is -0.506 e. The zero-order valence-corrected chi connectivity index (χ0v) is 41.2. The number of pyridine rings is 4. The van der Waals surface area contributed by atoms with Gasteiger partial charge in [0.05, 0.1) is 31.1 Å². The second-order valence-electron chi connectivity index (χ2n) is 14.9. The van der Waals surface area contributed by atoms with Gasteiger partial charge in [-0.1, -0.05) is 23.7 Å². The second kappa shape index (κ2) is 28.3. The minimum absolute atomic E-state index is 0.0676. The molecule has 0 aliphatic heterocycles. The number of ketones is 4. The van der Waals surface area contributed by atoms with Crippen LogP contribution in [0.1, 0.15) is 93.3 Å². The van der Waals surface area contributed by atoms with Crippen LogP contribution in [0, 0.1) is 0 Å². The number of hydrogen-bond donors (Lipinski definition) is 9. The predicted octanol–water partition coefficient (Wildman–Crippen LogP) is 1.64. The lowest BCUT2D eigenvalue weighted by Crippen LogP contribution is -2.13. The molecule has 0 unspecified atom stereocenters. The van der Waals surface area contributed by atoms with E-state index in [4.69, 9.17) is 39.6 Å². The van der Waals surface area contributed by atoms with Gasteiger partial charge in [-0.15, -0.1) is 0 Å². The molecule has 5 aromatic rings. The molecule has 0 radical (unpaired) electrons. The van der Waals surface area contributed by atoms with Crippen molar-refractivity contribution in [1.29, 1.82) is 0 Å². The van der Waals surface area contributed by atoms with E-state index in [1.54, 1.807) is 18.2 Å². The Bertz CT molecular complexity index is 3050. The summed E-state index contributed by atoms with van der Waals surface area (Å²) in [6, 6.07) is 11.4. The number of nitrogens with two attached hydrogens (primary N) is 4. The molecule has 0 spiro atoms. The molecular weight excluding hydrogens is 1040 g/mol. The van der Waals surface area contributed by atoms with Crippen LogP contribution in [0.15, 0.2) is 73.3 Å². The molecule has 1 aromatic carbocycles. The largest absolute Gasteiger partial charge is 0.506 e. The summed E-state index contributed by atoms with van der Waals surface area (Å²) in [6.07, 6.45) is 5.07. The lowest BCUT2D eigenvalue weighted by Gasteiger charge is -2.06. The molecule has 0 bridgehead atoms. The van der Waals surface area contributed by atoms with Gasteiger partial charge < -0.3 is 56.8 Å². The van der Waals surface area contributed by atoms with Gasteiger partial charge in [0.1, 0.15) is 51.5 Å². The average molecular weight is 1090 g/mol. The molecule has 396 valence electrons. The fraction of sp³-hybridized carbons (Fsp3) is 0.227. The average Bonchev–Trinajstić information content (AvgIpc) is 3.28. The normalized spacial score (nSPS) is 10.6. The van der Waals surface area contributed by atoms with E-state index in [1.165, 1.54) is 12.3 Å². The maximum atomic E-state index is 11.8. The molecule has 4 amide bonds. The van der Waals surface area contributed by atoms with E-state index in [-0.39, 0.29) is 97.1 Å². The lowest BCUT2D eigenvalue weighted by atomic mass is 10.1. The fourth-order valence-electron chi connectivity index (χ4n) is 5.31. The van der Waals surface area contributed by atoms with Gasteiger partial charge in [0, 0.05) is 86.3 Å². The number of carbonyl (C=O) groups is 8. The summed E-state index contributed by atoms with van der Waals surface area (Å²) in [6.45, 7) is 0. The van der Waals surface area contributed by atoms with Gasteiger partial charge in [-0.3, -0.25) is 38.4 Å². The third-order valence-electron chi connectivity index (χ3n) is 8.51. The Hall–Kier alpha value is -8.83. The third kappa shape index (κ3) is 22.9. The Labute approximate surface area is 425 Å². The van der Waals surface area contributed by atoms with Crippen molar-refractivity contribution in [3.63, 3.8) is 0 Å². The van der Waals surface area contributed by atoms with Crippen LogP contribution >= 0.6 is 11.6 Å². The molecule has 0 aliphatic carbocycles. The van der Waals surface area contributed by atoms with Crippen molar-refractivity contribution in [3.8, 4) is 51.4 Å². The first-order chi connectivity index (χ1) is 34.3. The van der Waals surface area contributed by atoms with Crippen LogP contribution in [0.5, 0.6) is 40.2 Å². The first kappa shape index (κ1) is 61.3. The molecule has 0 fully saturated rings. The van der Waals surface area contributed by atoms with Crippen LogP contribution in [0.4, 0.5) is 0 Å². The highest BCUT2D eigenvalue weighted by Crippen LogP contribution is 2.28. The first-order valence-corrected chi connectivity index (χ1v) is 24.6. The van der Waals surface area contributed by atoms with Crippen LogP contribution in [-0.4, -0.2) is 122 Å². The van der Waals surface area contributed by atoms with Gasteiger partial charge >= 0.3 is 20.2 Å². The van der Waals surface area contributed by atoms with Crippen LogP contribution in [-0.2, 0) is 39.4 Å². The number of aromatic hydroxyl groups is 5. The number of halogens is 1. The van der Waals surface area contributed by atoms with Gasteiger partial charge in [0.2, 0.25) is 23.6 Å². The summed E-state index contributed by atoms with van der Waals surface area (Å²) < 4.78 is 52.4. The Morgan fingerprint density at radius 3 is 1.08 bits per heavy atom. The van der Waals surface area contributed by atoms with Crippen molar-refractivity contribution < 1.29 is 89.1 Å². The highest BCUT2D eigenvalue weighted by atomic mass is 35.5. The third-order valence-corrected chi connectivity index (χ3v) is 9.73. The minimum atomic E-state index is -3.75. The maximum absolute atomic E-state index is 11.8. The van der Waals surface area contributed by atoms with Crippen LogP contribution in [0.25, 0.3) is 11.1 Å². The zero-order valence-electron chi connectivity index (χ0n) is 38.8. The Morgan fingerprint density at radius 2 is 0.784 bits per heavy atom. The molecule has 74 heavy (non-hydrogen) atoms. The number of nitrogens with zero attached hydrogens (tertiary/aromatic N) is 4. The zero-order chi connectivity index (χ0) is 56.1. The number of primary amides is 4. The highest BCUT2D eigenvalue weighted by molar-refractivity contribution is 7.86. The second-order valence-corrected chi connectivity index (χ2v) is 18.5. The van der Waals surface area contributed by atoms with Crippen molar-refractivity contribution in [2.45, 2.75) is 51.4 Å². The van der Waals surface area contributed by atoms with E-state index in [9.17, 15) is 75.6 Å². The number of carbonyl (C=O) groups excluding carboxylic acids is 8. The van der Waals surface area contributed by atoms with Gasteiger partial charge in [-0.25, -0.2) is 19.9 Å². The molecule has 13 N–H and O–H groups in total. The highest BCUT2D eigenvalue weighted by Gasteiger charge is 2.19. The molecule has 0 saturated heterocycles. The molecule has 27 nitrogen and oxygen atoms in total. The van der Waals surface area contributed by atoms with Gasteiger partial charge in [0.25, 0.3) is 0 Å². The van der Waals surface area contributed by atoms with E-state index < -0.39 is 84.2 Å². The standard InChI is InChI=1S/C15H13ClN2O3.2C10H12N2O6S.C9H10N2O4/c16-11-3-1-2-9(6-11)10-7-13(20)15(18-8-10)12(19)4-5-14(17)21;2*1-19(16,17)18-6-4-8(14)10(12-5-6)7(13)2-3-9(11)15;10-8(15)2-1-6(13)9-7(14)3-5(12)4-11-9/h1-3,6-8,20H,4-5H2,(H2,17,21);2*4-5,14H,2-3H2,1H3,(H2,11,15);3-4,12,14H,1-2H2,(H2,10,15). The molecule has 30 heteroatoms. The summed E-state index contributed by atoms with van der Waals surface area (Å²) in [5.41, 5.74) is 20.3. The predicted molar refractivity (Wildman–Crippen MR) is 258 cm³/mol. The fourth-order valence-corrected chi connectivity index (χ4v) is 6.38. The van der Waals surface area contributed by atoms with Gasteiger partial charge in [-0.05, 0) is 23.8 Å². The maximum Gasteiger partial charge on any atom is 0.306 e. The summed E-state index contributed by atoms with van der Waals surface area (Å²) in [5, 5.41) is 47.8. The van der Waals surface area contributed by atoms with Crippen molar-refractivity contribution >= 4 is 78.6 Å². The van der Waals surface area contributed by atoms with Gasteiger partial charge in [0.15, 0.2) is 34.6 Å². The van der Waals surface area contributed by atoms with Crippen LogP contribution in [0.2, 0.25) is 5.02 Å². The Morgan fingerprint density at radius 1 is 0.459 bits per heavy atom.